The maximum absolute atomic E-state index is 6.13. The summed E-state index contributed by atoms with van der Waals surface area (Å²) in [5, 5.41) is 0. The first-order chi connectivity index (χ1) is 8.22. The molecule has 0 saturated carbocycles. The van der Waals surface area contributed by atoms with Gasteiger partial charge in [0, 0.05) is 10.5 Å². The molecule has 1 unspecified atom stereocenters. The van der Waals surface area contributed by atoms with Crippen LogP contribution in [-0.4, -0.2) is 6.04 Å². The van der Waals surface area contributed by atoms with Gasteiger partial charge < -0.3 is 5.73 Å². The number of unbranched alkanes of at least 4 members (excludes halogenated alkanes) is 3. The number of nitrogens with two attached hydrogens (primary N) is 1. The summed E-state index contributed by atoms with van der Waals surface area (Å²) in [6.45, 7) is 3.73. The molecule has 2 heteroatoms. The van der Waals surface area contributed by atoms with Crippen LogP contribution in [0.3, 0.4) is 0 Å². The molecule has 0 saturated heterocycles. The zero-order valence-electron chi connectivity index (χ0n) is 10.4. The summed E-state index contributed by atoms with van der Waals surface area (Å²) in [4.78, 5) is 0. The second kappa shape index (κ2) is 8.48. The first kappa shape index (κ1) is 14.5. The van der Waals surface area contributed by atoms with Gasteiger partial charge in [-0.2, -0.15) is 0 Å². The summed E-state index contributed by atoms with van der Waals surface area (Å²) >= 11 is 3.44. The van der Waals surface area contributed by atoms with Gasteiger partial charge in [0.05, 0.1) is 0 Å². The van der Waals surface area contributed by atoms with Crippen LogP contribution in [0.15, 0.2) is 41.4 Å². The molecule has 0 aliphatic heterocycles. The highest BCUT2D eigenvalue weighted by molar-refractivity contribution is 9.10. The molecule has 1 aromatic carbocycles. The maximum Gasteiger partial charge on any atom is 0.0175 e. The monoisotopic (exact) mass is 295 g/mol. The molecule has 94 valence electrons. The van der Waals surface area contributed by atoms with Crippen molar-refractivity contribution in [3.05, 3.63) is 47.0 Å². The van der Waals surface area contributed by atoms with Crippen LogP contribution in [0.5, 0.6) is 0 Å². The molecule has 1 aromatic rings. The van der Waals surface area contributed by atoms with Gasteiger partial charge in [0.1, 0.15) is 0 Å². The van der Waals surface area contributed by atoms with Gasteiger partial charge in [-0.25, -0.2) is 0 Å². The van der Waals surface area contributed by atoms with E-state index in [0.717, 1.165) is 23.7 Å². The van der Waals surface area contributed by atoms with E-state index in [-0.39, 0.29) is 0 Å². The number of hydrogen-bond acceptors (Lipinski definition) is 1. The minimum atomic E-state index is 0.292. The van der Waals surface area contributed by atoms with Crippen LogP contribution in [-0.2, 0) is 6.42 Å². The molecule has 0 bridgehead atoms. The molecule has 0 aliphatic rings. The second-order valence-corrected chi connectivity index (χ2v) is 5.43. The molecule has 0 heterocycles. The van der Waals surface area contributed by atoms with Gasteiger partial charge >= 0.3 is 0 Å². The highest BCUT2D eigenvalue weighted by Gasteiger charge is 2.03. The van der Waals surface area contributed by atoms with Crippen LogP contribution in [0.2, 0.25) is 0 Å². The van der Waals surface area contributed by atoms with Gasteiger partial charge in [0.15, 0.2) is 0 Å². The van der Waals surface area contributed by atoms with Crippen molar-refractivity contribution in [1.82, 2.24) is 0 Å². The van der Waals surface area contributed by atoms with Crippen molar-refractivity contribution in [3.8, 4) is 0 Å². The smallest absolute Gasteiger partial charge is 0.0175 e. The lowest BCUT2D eigenvalue weighted by molar-refractivity contribution is 0.551. The molecule has 0 amide bonds. The normalized spacial score (nSPS) is 12.4. The molecule has 0 aliphatic carbocycles. The van der Waals surface area contributed by atoms with E-state index in [1.807, 2.05) is 6.08 Å². The number of allylic oxidation sites excluding steroid dienone is 1. The van der Waals surface area contributed by atoms with Gasteiger partial charge in [-0.05, 0) is 43.4 Å². The van der Waals surface area contributed by atoms with E-state index in [1.54, 1.807) is 0 Å². The third-order valence-electron chi connectivity index (χ3n) is 2.89. The van der Waals surface area contributed by atoms with Crippen molar-refractivity contribution in [1.29, 1.82) is 0 Å². The zero-order chi connectivity index (χ0) is 12.5. The fourth-order valence-electron chi connectivity index (χ4n) is 1.90. The van der Waals surface area contributed by atoms with Crippen LogP contribution in [0, 0.1) is 0 Å². The molecule has 17 heavy (non-hydrogen) atoms. The fourth-order valence-corrected chi connectivity index (χ4v) is 2.16. The van der Waals surface area contributed by atoms with E-state index in [9.17, 15) is 0 Å². The summed E-state index contributed by atoms with van der Waals surface area (Å²) in [5.74, 6) is 0. The number of benzene rings is 1. The van der Waals surface area contributed by atoms with Crippen molar-refractivity contribution in [3.63, 3.8) is 0 Å². The lowest BCUT2D eigenvalue weighted by Crippen LogP contribution is -2.22. The van der Waals surface area contributed by atoms with Gasteiger partial charge in [-0.3, -0.25) is 0 Å². The minimum Gasteiger partial charge on any atom is -0.327 e. The molecule has 0 fully saturated rings. The quantitative estimate of drug-likeness (QED) is 0.556. The summed E-state index contributed by atoms with van der Waals surface area (Å²) in [6.07, 6.45) is 8.95. The molecule has 0 radical (unpaired) electrons. The van der Waals surface area contributed by atoms with E-state index < -0.39 is 0 Å². The van der Waals surface area contributed by atoms with E-state index >= 15 is 0 Å². The Balaban J connectivity index is 2.18. The predicted octanol–water partition coefficient (Wildman–Crippen LogP) is 4.46. The Labute approximate surface area is 113 Å². The number of halogens is 1. The Kier molecular flexibility index (Phi) is 7.22. The number of hydrogen-bond donors (Lipinski definition) is 1. The minimum absolute atomic E-state index is 0.292. The molecular weight excluding hydrogens is 274 g/mol. The molecular formula is C15H22BrN. The highest BCUT2D eigenvalue weighted by Crippen LogP contribution is 2.13. The number of rotatable bonds is 8. The topological polar surface area (TPSA) is 26.0 Å². The van der Waals surface area contributed by atoms with E-state index in [4.69, 9.17) is 5.73 Å². The van der Waals surface area contributed by atoms with Crippen molar-refractivity contribution in [2.24, 2.45) is 5.73 Å². The zero-order valence-corrected chi connectivity index (χ0v) is 12.0. The standard InChI is InChI=1S/C15H22BrN/c1-2-3-4-5-6-7-15(17)12-13-8-10-14(16)11-9-13/h2,8-11,15H,1,3-7,12,17H2. The first-order valence-corrected chi connectivity index (χ1v) is 7.12. The van der Waals surface area contributed by atoms with E-state index in [0.29, 0.717) is 6.04 Å². The Morgan fingerprint density at radius 3 is 2.53 bits per heavy atom. The predicted molar refractivity (Wildman–Crippen MR) is 79.1 cm³/mol. The molecule has 0 spiro atoms. The molecule has 2 N–H and O–H groups in total. The van der Waals surface area contributed by atoms with Crippen molar-refractivity contribution < 1.29 is 0 Å². The van der Waals surface area contributed by atoms with Gasteiger partial charge in [0.25, 0.3) is 0 Å². The lowest BCUT2D eigenvalue weighted by Gasteiger charge is -2.11. The highest BCUT2D eigenvalue weighted by atomic mass is 79.9. The Bertz CT molecular complexity index is 318. The van der Waals surface area contributed by atoms with Crippen LogP contribution in [0.25, 0.3) is 0 Å². The van der Waals surface area contributed by atoms with Crippen LogP contribution >= 0.6 is 15.9 Å². The van der Waals surface area contributed by atoms with Gasteiger partial charge in [-0.1, -0.05) is 47.0 Å². The molecule has 0 aromatic heterocycles. The van der Waals surface area contributed by atoms with Gasteiger partial charge in [0.2, 0.25) is 0 Å². The molecule has 1 atom stereocenters. The SMILES string of the molecule is C=CCCCCCC(N)Cc1ccc(Br)cc1. The Hall–Kier alpha value is -0.600. The second-order valence-electron chi connectivity index (χ2n) is 4.52. The fraction of sp³-hybridized carbons (Fsp3) is 0.467. The summed E-state index contributed by atoms with van der Waals surface area (Å²) in [7, 11) is 0. The van der Waals surface area contributed by atoms with E-state index in [2.05, 4.69) is 46.8 Å². The molecule has 1 nitrogen and oxygen atoms in total. The Morgan fingerprint density at radius 1 is 1.18 bits per heavy atom. The van der Waals surface area contributed by atoms with Gasteiger partial charge in [-0.15, -0.1) is 6.58 Å². The largest absolute Gasteiger partial charge is 0.327 e. The van der Waals surface area contributed by atoms with Crippen LogP contribution < -0.4 is 5.73 Å². The van der Waals surface area contributed by atoms with E-state index in [1.165, 1.54) is 24.8 Å². The maximum atomic E-state index is 6.13. The summed E-state index contributed by atoms with van der Waals surface area (Å²) in [6, 6.07) is 8.72. The third kappa shape index (κ3) is 6.64. The van der Waals surface area contributed by atoms with Crippen molar-refractivity contribution >= 4 is 15.9 Å². The van der Waals surface area contributed by atoms with Crippen molar-refractivity contribution in [2.75, 3.05) is 0 Å². The first-order valence-electron chi connectivity index (χ1n) is 6.33. The average molecular weight is 296 g/mol. The average Bonchev–Trinajstić information content (AvgIpc) is 2.32. The van der Waals surface area contributed by atoms with Crippen molar-refractivity contribution in [2.45, 2.75) is 44.6 Å². The summed E-state index contributed by atoms with van der Waals surface area (Å²) < 4.78 is 1.12. The Morgan fingerprint density at radius 2 is 1.88 bits per heavy atom. The third-order valence-corrected chi connectivity index (χ3v) is 3.42. The summed E-state index contributed by atoms with van der Waals surface area (Å²) in [5.41, 5.74) is 7.45. The van der Waals surface area contributed by atoms with Crippen LogP contribution in [0.1, 0.15) is 37.7 Å². The lowest BCUT2D eigenvalue weighted by atomic mass is 10.0. The van der Waals surface area contributed by atoms with Crippen LogP contribution in [0.4, 0.5) is 0 Å². The molecule has 1 rings (SSSR count).